The molecular weight excluding hydrogens is 828 g/mol. The lowest BCUT2D eigenvalue weighted by atomic mass is 9.74. The predicted molar refractivity (Wildman–Crippen MR) is 219 cm³/mol. The van der Waals surface area contributed by atoms with Gasteiger partial charge in [0, 0.05) is 46.4 Å². The zero-order valence-corrected chi connectivity index (χ0v) is 34.4. The molecule has 6 rings (SSSR count). The summed E-state index contributed by atoms with van der Waals surface area (Å²) in [5.74, 6) is -1.42. The Hall–Kier alpha value is -5.74. The fourth-order valence-corrected chi connectivity index (χ4v) is 7.87. The van der Waals surface area contributed by atoms with E-state index in [1.807, 2.05) is 0 Å². The molecule has 3 N–H and O–H groups in total. The lowest BCUT2D eigenvalue weighted by Crippen LogP contribution is -2.52. The average molecular weight is 875 g/mol. The van der Waals surface area contributed by atoms with Crippen LogP contribution in [-0.2, 0) is 23.9 Å². The van der Waals surface area contributed by atoms with Gasteiger partial charge in [-0.05, 0) is 91.3 Å². The molecular formula is C46H46F8N2O6. The van der Waals surface area contributed by atoms with Gasteiger partial charge in [0.2, 0.25) is 0 Å². The number of aliphatic hydroxyl groups is 2. The topological polar surface area (TPSA) is 114 Å². The number of hydrogen-bond donors (Lipinski definition) is 3. The number of phenolic OH excluding ortho intramolecular Hbond substituents is 1. The van der Waals surface area contributed by atoms with E-state index in [4.69, 9.17) is 4.74 Å². The molecule has 0 radical (unpaired) electrons. The summed E-state index contributed by atoms with van der Waals surface area (Å²) in [6.45, 7) is 6.05. The van der Waals surface area contributed by atoms with Crippen molar-refractivity contribution in [2.45, 2.75) is 94.9 Å². The first-order chi connectivity index (χ1) is 28.7. The maximum Gasteiger partial charge on any atom is 0.418 e. The van der Waals surface area contributed by atoms with Crippen LogP contribution >= 0.6 is 0 Å². The number of phenols is 1. The molecule has 2 aromatic heterocycles. The molecule has 0 aliphatic carbocycles. The quantitative estimate of drug-likeness (QED) is 0.106. The predicted octanol–water partition coefficient (Wildman–Crippen LogP) is 9.71. The fourth-order valence-electron chi connectivity index (χ4n) is 7.87. The molecule has 62 heavy (non-hydrogen) atoms. The first-order valence-corrected chi connectivity index (χ1v) is 19.4. The molecule has 16 heteroatoms. The van der Waals surface area contributed by atoms with Gasteiger partial charge in [-0.3, -0.25) is 9.59 Å². The highest BCUT2D eigenvalue weighted by molar-refractivity contribution is 5.79. The molecule has 332 valence electrons. The van der Waals surface area contributed by atoms with E-state index in [0.29, 0.717) is 0 Å². The molecule has 0 fully saturated rings. The number of benzene rings is 4. The van der Waals surface area contributed by atoms with Crippen LogP contribution in [0.4, 0.5) is 35.1 Å². The van der Waals surface area contributed by atoms with Crippen molar-refractivity contribution in [2.24, 2.45) is 0 Å². The Morgan fingerprint density at radius 2 is 0.984 bits per heavy atom. The number of ether oxygens (including phenoxy) is 1. The third-order valence-electron chi connectivity index (χ3n) is 10.8. The average Bonchev–Trinajstić information content (AvgIpc) is 3.18. The normalized spacial score (nSPS) is 14.5. The maximum atomic E-state index is 14.2. The molecule has 8 nitrogen and oxygen atoms in total. The van der Waals surface area contributed by atoms with Crippen LogP contribution in [0.3, 0.4) is 0 Å². The molecule has 0 amide bonds. The second kappa shape index (κ2) is 17.6. The van der Waals surface area contributed by atoms with Crippen LogP contribution in [0.15, 0.2) is 119 Å². The van der Waals surface area contributed by atoms with Crippen LogP contribution in [0.5, 0.6) is 11.5 Å². The number of aromatic nitrogens is 2. The minimum Gasteiger partial charge on any atom is -0.508 e. The first kappa shape index (κ1) is 47.3. The number of nitrogens with zero attached hydrogens (tertiary/aromatic N) is 2. The molecule has 6 aromatic rings. The number of pyridine rings is 2. The van der Waals surface area contributed by atoms with Gasteiger partial charge in [0.05, 0.1) is 30.7 Å². The van der Waals surface area contributed by atoms with E-state index < -0.39 is 72.0 Å². The highest BCUT2D eigenvalue weighted by Gasteiger charge is 2.57. The number of alkyl halides is 6. The molecule has 2 heterocycles. The van der Waals surface area contributed by atoms with Crippen LogP contribution in [0.25, 0.3) is 21.8 Å². The summed E-state index contributed by atoms with van der Waals surface area (Å²) >= 11 is 0. The molecule has 0 saturated heterocycles. The summed E-state index contributed by atoms with van der Waals surface area (Å²) in [6.07, 6.45) is -9.18. The third kappa shape index (κ3) is 10.1. The van der Waals surface area contributed by atoms with Crippen LogP contribution in [0, 0.1) is 11.6 Å². The van der Waals surface area contributed by atoms with Gasteiger partial charge in [0.15, 0.2) is 22.1 Å². The molecule has 2 unspecified atom stereocenters. The summed E-state index contributed by atoms with van der Waals surface area (Å²) in [6, 6.07) is 21.5. The van der Waals surface area contributed by atoms with Crippen molar-refractivity contribution in [3.63, 3.8) is 0 Å². The van der Waals surface area contributed by atoms with E-state index >= 15 is 0 Å². The lowest BCUT2D eigenvalue weighted by Gasteiger charge is -2.39. The molecule has 0 aliphatic rings. The Labute approximate surface area is 351 Å². The number of para-hydroxylation sites is 2. The van der Waals surface area contributed by atoms with Gasteiger partial charge in [0.25, 0.3) is 0 Å². The summed E-state index contributed by atoms with van der Waals surface area (Å²) < 4.78 is 120. The van der Waals surface area contributed by atoms with Crippen molar-refractivity contribution in [1.82, 2.24) is 9.13 Å². The highest BCUT2D eigenvalue weighted by atomic mass is 19.4. The summed E-state index contributed by atoms with van der Waals surface area (Å²) in [7, 11) is 0. The monoisotopic (exact) mass is 874 g/mol. The van der Waals surface area contributed by atoms with E-state index in [-0.39, 0.29) is 61.9 Å². The van der Waals surface area contributed by atoms with Crippen molar-refractivity contribution in [1.29, 1.82) is 0 Å². The van der Waals surface area contributed by atoms with E-state index in [0.717, 1.165) is 30.3 Å². The van der Waals surface area contributed by atoms with Gasteiger partial charge in [0.1, 0.15) is 23.1 Å². The third-order valence-corrected chi connectivity index (χ3v) is 10.8. The fraction of sp³-hybridized carbons (Fsp3) is 0.348. The van der Waals surface area contributed by atoms with Crippen LogP contribution in [0.1, 0.15) is 58.6 Å². The minimum absolute atomic E-state index is 0.0464. The Morgan fingerprint density at radius 1 is 0.581 bits per heavy atom. The Morgan fingerprint density at radius 3 is 1.42 bits per heavy atom. The summed E-state index contributed by atoms with van der Waals surface area (Å²) in [5, 5.41) is 32.3. The lowest BCUT2D eigenvalue weighted by molar-refractivity contribution is -0.271. The minimum atomic E-state index is -5.03. The number of fused-ring (bicyclic) bond motifs is 2. The van der Waals surface area contributed by atoms with E-state index in [1.165, 1.54) is 91.7 Å². The molecule has 0 spiro atoms. The van der Waals surface area contributed by atoms with Gasteiger partial charge in [-0.1, -0.05) is 52.0 Å². The smallest absolute Gasteiger partial charge is 0.418 e. The Kier molecular flexibility index (Phi) is 13.4. The zero-order valence-electron chi connectivity index (χ0n) is 34.4. The van der Waals surface area contributed by atoms with Gasteiger partial charge in [-0.2, -0.15) is 26.3 Å². The van der Waals surface area contributed by atoms with E-state index in [1.54, 1.807) is 31.2 Å². The van der Waals surface area contributed by atoms with E-state index in [9.17, 15) is 60.0 Å². The van der Waals surface area contributed by atoms with Crippen molar-refractivity contribution >= 4 is 21.8 Å². The zero-order chi connectivity index (χ0) is 46.1. The Bertz CT molecular complexity index is 2670. The number of halogens is 8. The van der Waals surface area contributed by atoms with Gasteiger partial charge < -0.3 is 29.2 Å². The summed E-state index contributed by atoms with van der Waals surface area (Å²) in [5.41, 5.74) is -9.06. The molecule has 0 aliphatic heterocycles. The number of aromatic hydroxyl groups is 1. The summed E-state index contributed by atoms with van der Waals surface area (Å²) in [4.78, 5) is 24.1. The number of hydrogen-bond acceptors (Lipinski definition) is 6. The second-order valence-electron chi connectivity index (χ2n) is 16.6. The molecule has 0 saturated carbocycles. The van der Waals surface area contributed by atoms with E-state index in [2.05, 4.69) is 0 Å². The van der Waals surface area contributed by atoms with Crippen LogP contribution in [-0.4, -0.2) is 54.6 Å². The molecule has 0 bridgehead atoms. The van der Waals surface area contributed by atoms with Gasteiger partial charge in [-0.15, -0.1) is 0 Å². The van der Waals surface area contributed by atoms with Gasteiger partial charge >= 0.3 is 12.4 Å². The number of rotatable bonds is 12. The van der Waals surface area contributed by atoms with Crippen molar-refractivity contribution in [3.05, 3.63) is 153 Å². The first-order valence-electron chi connectivity index (χ1n) is 19.4. The second-order valence-corrected chi connectivity index (χ2v) is 16.6. The molecule has 2 atom stereocenters. The SMILES string of the molecule is CC(C)(CC(O)(Cn1ccc(=O)c2ccccc21)C(F)(F)F)c1cc(F)ccc1O.CCOc1ccc(F)cc1C(C)(C)CC(O)(Cn1ccc(=O)c2ccccc21)C(F)(F)F. The van der Waals surface area contributed by atoms with Crippen molar-refractivity contribution in [3.8, 4) is 11.5 Å². The van der Waals surface area contributed by atoms with Crippen LogP contribution < -0.4 is 15.6 Å². The van der Waals surface area contributed by atoms with Gasteiger partial charge in [-0.25, -0.2) is 8.78 Å². The van der Waals surface area contributed by atoms with Crippen molar-refractivity contribution < 1.29 is 55.2 Å². The molecule has 4 aromatic carbocycles. The van der Waals surface area contributed by atoms with Crippen molar-refractivity contribution in [2.75, 3.05) is 6.61 Å². The highest BCUT2D eigenvalue weighted by Crippen LogP contribution is 2.46. The van der Waals surface area contributed by atoms with Crippen LogP contribution in [0.2, 0.25) is 0 Å². The Balaban J connectivity index is 0.000000235. The largest absolute Gasteiger partial charge is 0.508 e. The maximum absolute atomic E-state index is 14.2. The standard InChI is InChI=1S/C24H25F4NO3.C22H21F4NO3/c1-4-32-21-10-9-16(25)13-18(21)22(2,3)14-23(31,24(26,27)28)15-29-12-11-20(30)17-7-5-6-8-19(17)29;1-20(2,16-11-14(23)7-8-19(16)29)12-21(30,22(24,25)26)13-27-10-9-18(28)15-5-3-4-6-17(15)27/h5-13,31H,4,14-15H2,1-3H3;3-11,29-30H,12-13H2,1-2H3.